The van der Waals surface area contributed by atoms with Crippen LogP contribution in [-0.4, -0.2) is 39.5 Å². The third kappa shape index (κ3) is 4.26. The number of halogens is 2. The molecule has 170 valence electrons. The molecule has 3 N–H and O–H groups in total. The fourth-order valence-electron chi connectivity index (χ4n) is 3.44. The number of aromatic nitrogens is 2. The maximum absolute atomic E-state index is 14.0. The Morgan fingerprint density at radius 1 is 1.31 bits per heavy atom. The molecule has 3 aromatic rings. The maximum atomic E-state index is 14.0. The number of aliphatic hydroxyl groups excluding tert-OH is 1. The number of carboxylic acids is 1. The largest absolute Gasteiger partial charge is 0.479 e. The molecule has 0 amide bonds. The summed E-state index contributed by atoms with van der Waals surface area (Å²) in [5, 5.41) is 22.2. The summed E-state index contributed by atoms with van der Waals surface area (Å²) in [7, 11) is 1.35. The van der Waals surface area contributed by atoms with Crippen molar-refractivity contribution in [1.82, 2.24) is 9.55 Å². The van der Waals surface area contributed by atoms with Crippen LogP contribution < -0.4 is 15.5 Å². The molecule has 2 aromatic heterocycles. The van der Waals surface area contributed by atoms with E-state index in [2.05, 4.69) is 10.3 Å². The minimum atomic E-state index is -1.42. The number of aromatic carboxylic acids is 1. The number of hydrogen-bond acceptors (Lipinski definition) is 6. The molecule has 0 bridgehead atoms. The number of nitrogens with one attached hydrogen (secondary N) is 1. The predicted molar refractivity (Wildman–Crippen MR) is 114 cm³/mol. The summed E-state index contributed by atoms with van der Waals surface area (Å²) in [6, 6.07) is 4.58. The summed E-state index contributed by atoms with van der Waals surface area (Å²) in [6.45, 7) is 3.24. The van der Waals surface area contributed by atoms with E-state index in [1.54, 1.807) is 0 Å². The van der Waals surface area contributed by atoms with E-state index < -0.39 is 34.6 Å². The standard InChI is InChI=1S/C22H23F2N3O5/c1-11(2)17(10-28)27-9-14(22(30)31)19(29)13-7-16(21(32-3)26-20(13)27)25-8-12-5-4-6-15(23)18(12)24/h4-7,9,11,17,25,28H,8,10H2,1-3H3,(H,30,31). The molecular weight excluding hydrogens is 424 g/mol. The van der Waals surface area contributed by atoms with Gasteiger partial charge < -0.3 is 24.8 Å². The minimum absolute atomic E-state index is 0.0213. The van der Waals surface area contributed by atoms with Gasteiger partial charge in [-0.2, -0.15) is 4.98 Å². The van der Waals surface area contributed by atoms with Gasteiger partial charge in [0.15, 0.2) is 11.6 Å². The number of ether oxygens (including phenoxy) is 1. The third-order valence-electron chi connectivity index (χ3n) is 5.21. The number of anilines is 1. The van der Waals surface area contributed by atoms with Crippen LogP contribution in [-0.2, 0) is 6.54 Å². The molecule has 2 heterocycles. The van der Waals surface area contributed by atoms with Crippen LogP contribution in [0.2, 0.25) is 0 Å². The molecule has 0 saturated heterocycles. The average Bonchev–Trinajstić information content (AvgIpc) is 2.75. The van der Waals surface area contributed by atoms with Gasteiger partial charge >= 0.3 is 5.97 Å². The van der Waals surface area contributed by atoms with Crippen LogP contribution in [0.3, 0.4) is 0 Å². The minimum Gasteiger partial charge on any atom is -0.479 e. The van der Waals surface area contributed by atoms with Crippen molar-refractivity contribution in [2.24, 2.45) is 5.92 Å². The van der Waals surface area contributed by atoms with Gasteiger partial charge in [0.1, 0.15) is 11.2 Å². The molecule has 10 heteroatoms. The Balaban J connectivity index is 2.19. The van der Waals surface area contributed by atoms with Crippen molar-refractivity contribution in [2.75, 3.05) is 19.0 Å². The highest BCUT2D eigenvalue weighted by molar-refractivity contribution is 5.93. The number of carbonyl (C=O) groups is 1. The van der Waals surface area contributed by atoms with E-state index in [9.17, 15) is 28.6 Å². The van der Waals surface area contributed by atoms with Crippen LogP contribution in [0.15, 0.2) is 35.3 Å². The monoisotopic (exact) mass is 447 g/mol. The molecule has 1 aromatic carbocycles. The van der Waals surface area contributed by atoms with Gasteiger partial charge in [0.05, 0.1) is 30.8 Å². The summed E-state index contributed by atoms with van der Waals surface area (Å²) in [5.74, 6) is -3.46. The Kier molecular flexibility index (Phi) is 6.73. The van der Waals surface area contributed by atoms with Crippen LogP contribution in [0.25, 0.3) is 11.0 Å². The van der Waals surface area contributed by atoms with Crippen molar-refractivity contribution < 1.29 is 28.5 Å². The number of methoxy groups -OCH3 is 1. The average molecular weight is 447 g/mol. The van der Waals surface area contributed by atoms with E-state index in [0.29, 0.717) is 0 Å². The Morgan fingerprint density at radius 3 is 2.62 bits per heavy atom. The normalized spacial score (nSPS) is 12.2. The first-order chi connectivity index (χ1) is 15.2. The zero-order chi connectivity index (χ0) is 23.6. The molecule has 0 saturated carbocycles. The lowest BCUT2D eigenvalue weighted by molar-refractivity contribution is 0.0694. The maximum Gasteiger partial charge on any atom is 0.341 e. The number of rotatable bonds is 8. The van der Waals surface area contributed by atoms with Crippen LogP contribution in [0, 0.1) is 17.6 Å². The van der Waals surface area contributed by atoms with Crippen molar-refractivity contribution in [2.45, 2.75) is 26.4 Å². The topological polar surface area (TPSA) is 114 Å². The number of carboxylic acid groups (broad SMARTS) is 1. The molecule has 0 spiro atoms. The van der Waals surface area contributed by atoms with E-state index in [0.717, 1.165) is 12.3 Å². The summed E-state index contributed by atoms with van der Waals surface area (Å²) < 4.78 is 34.2. The molecule has 3 rings (SSSR count). The first-order valence-corrected chi connectivity index (χ1v) is 9.84. The van der Waals surface area contributed by atoms with Gasteiger partial charge in [-0.25, -0.2) is 13.6 Å². The van der Waals surface area contributed by atoms with Crippen molar-refractivity contribution in [3.8, 4) is 5.88 Å². The lowest BCUT2D eigenvalue weighted by Gasteiger charge is -2.24. The van der Waals surface area contributed by atoms with Gasteiger partial charge in [-0.15, -0.1) is 0 Å². The van der Waals surface area contributed by atoms with Gasteiger partial charge in [-0.3, -0.25) is 4.79 Å². The fraction of sp³-hybridized carbons (Fsp3) is 0.318. The molecular formula is C22H23F2N3O5. The van der Waals surface area contributed by atoms with Crippen LogP contribution in [0.4, 0.5) is 14.5 Å². The highest BCUT2D eigenvalue weighted by Crippen LogP contribution is 2.29. The van der Waals surface area contributed by atoms with Gasteiger partial charge in [0.2, 0.25) is 11.3 Å². The van der Waals surface area contributed by atoms with Crippen molar-refractivity contribution in [3.05, 3.63) is 63.4 Å². The Labute approximate surface area is 182 Å². The second kappa shape index (κ2) is 9.31. The van der Waals surface area contributed by atoms with E-state index in [1.807, 2.05) is 13.8 Å². The lowest BCUT2D eigenvalue weighted by atomic mass is 10.0. The summed E-state index contributed by atoms with van der Waals surface area (Å²) in [6.07, 6.45) is 1.16. The molecule has 0 aliphatic rings. The number of aliphatic hydroxyl groups is 1. The highest BCUT2D eigenvalue weighted by Gasteiger charge is 2.23. The lowest BCUT2D eigenvalue weighted by Crippen LogP contribution is -2.26. The number of benzene rings is 1. The number of fused-ring (bicyclic) bond motifs is 1. The first-order valence-electron chi connectivity index (χ1n) is 9.84. The summed E-state index contributed by atoms with van der Waals surface area (Å²) >= 11 is 0. The first kappa shape index (κ1) is 23.1. The molecule has 0 radical (unpaired) electrons. The van der Waals surface area contributed by atoms with Crippen molar-refractivity contribution in [1.29, 1.82) is 0 Å². The Bertz CT molecular complexity index is 1230. The second-order valence-corrected chi connectivity index (χ2v) is 7.56. The second-order valence-electron chi connectivity index (χ2n) is 7.56. The zero-order valence-corrected chi connectivity index (χ0v) is 17.7. The van der Waals surface area contributed by atoms with Crippen LogP contribution in [0.5, 0.6) is 5.88 Å². The van der Waals surface area contributed by atoms with Gasteiger partial charge in [0, 0.05) is 18.3 Å². The van der Waals surface area contributed by atoms with E-state index >= 15 is 0 Å². The SMILES string of the molecule is COc1nc2c(cc1NCc1cccc(F)c1F)c(=O)c(C(=O)O)cn2C(CO)C(C)C. The third-order valence-corrected chi connectivity index (χ3v) is 5.21. The quantitative estimate of drug-likeness (QED) is 0.486. The van der Waals surface area contributed by atoms with Crippen LogP contribution >= 0.6 is 0 Å². The molecule has 32 heavy (non-hydrogen) atoms. The highest BCUT2D eigenvalue weighted by atomic mass is 19.2. The molecule has 1 atom stereocenters. The van der Waals surface area contributed by atoms with Crippen LogP contribution in [0.1, 0.15) is 35.8 Å². The number of nitrogens with zero attached hydrogens (tertiary/aromatic N) is 2. The number of pyridine rings is 2. The smallest absolute Gasteiger partial charge is 0.341 e. The zero-order valence-electron chi connectivity index (χ0n) is 17.7. The molecule has 8 nitrogen and oxygen atoms in total. The van der Waals surface area contributed by atoms with E-state index in [-0.39, 0.29) is 47.2 Å². The summed E-state index contributed by atoms with van der Waals surface area (Å²) in [5.41, 5.74) is -0.874. The molecule has 1 unspecified atom stereocenters. The van der Waals surface area contributed by atoms with Gasteiger partial charge in [-0.1, -0.05) is 26.0 Å². The number of hydrogen-bond donors (Lipinski definition) is 3. The van der Waals surface area contributed by atoms with E-state index in [4.69, 9.17) is 4.74 Å². The Hall–Kier alpha value is -3.53. The van der Waals surface area contributed by atoms with Gasteiger partial charge in [-0.05, 0) is 18.1 Å². The molecule has 0 aliphatic heterocycles. The fourth-order valence-corrected chi connectivity index (χ4v) is 3.44. The van der Waals surface area contributed by atoms with Crippen molar-refractivity contribution in [3.63, 3.8) is 0 Å². The van der Waals surface area contributed by atoms with Crippen molar-refractivity contribution >= 4 is 22.7 Å². The predicted octanol–water partition coefficient (Wildman–Crippen LogP) is 3.18. The van der Waals surface area contributed by atoms with E-state index in [1.165, 1.54) is 29.9 Å². The van der Waals surface area contributed by atoms with Gasteiger partial charge in [0.25, 0.3) is 0 Å². The molecule has 0 aliphatic carbocycles. The molecule has 0 fully saturated rings. The summed E-state index contributed by atoms with van der Waals surface area (Å²) in [4.78, 5) is 28.9. The Morgan fingerprint density at radius 2 is 2.03 bits per heavy atom.